The predicted molar refractivity (Wildman–Crippen MR) is 129 cm³/mol. The summed E-state index contributed by atoms with van der Waals surface area (Å²) in [5, 5.41) is 1.00. The average Bonchev–Trinajstić information content (AvgIpc) is 3.28. The van der Waals surface area contributed by atoms with Gasteiger partial charge >= 0.3 is 6.03 Å². The Kier molecular flexibility index (Phi) is 6.58. The highest BCUT2D eigenvalue weighted by Crippen LogP contribution is 2.33. The summed E-state index contributed by atoms with van der Waals surface area (Å²) in [7, 11) is 0. The number of carbonyl (C=O) groups is 1. The summed E-state index contributed by atoms with van der Waals surface area (Å²) in [5.74, 6) is 0.969. The van der Waals surface area contributed by atoms with Crippen LogP contribution >= 0.6 is 0 Å². The molecule has 2 saturated heterocycles. The van der Waals surface area contributed by atoms with E-state index in [4.69, 9.17) is 0 Å². The first kappa shape index (κ1) is 21.9. The van der Waals surface area contributed by atoms with Crippen molar-refractivity contribution in [2.24, 2.45) is 0 Å². The molecule has 33 heavy (non-hydrogen) atoms. The second kappa shape index (κ2) is 9.91. The van der Waals surface area contributed by atoms with Crippen LogP contribution in [0.4, 0.5) is 15.0 Å². The SMILES string of the molecule is O=C(N1CCCCC1)N(CCN1CCC(c2c[nH]c3ccc(F)cc23)CC1)c1ccccn1. The number of benzene rings is 1. The topological polar surface area (TPSA) is 55.5 Å². The summed E-state index contributed by atoms with van der Waals surface area (Å²) >= 11 is 0. The molecule has 0 aliphatic carbocycles. The van der Waals surface area contributed by atoms with Crippen molar-refractivity contribution in [2.75, 3.05) is 44.2 Å². The Labute approximate surface area is 194 Å². The van der Waals surface area contributed by atoms with Gasteiger partial charge in [0.25, 0.3) is 0 Å². The number of hydrogen-bond donors (Lipinski definition) is 1. The predicted octanol–water partition coefficient (Wildman–Crippen LogP) is 4.99. The van der Waals surface area contributed by atoms with Crippen molar-refractivity contribution >= 4 is 22.8 Å². The first-order valence-corrected chi connectivity index (χ1v) is 12.2. The number of aromatic nitrogens is 2. The number of nitrogens with one attached hydrogen (secondary N) is 1. The lowest BCUT2D eigenvalue weighted by Gasteiger charge is -2.35. The molecule has 6 nitrogen and oxygen atoms in total. The third-order valence-electron chi connectivity index (χ3n) is 7.13. The van der Waals surface area contributed by atoms with E-state index < -0.39 is 0 Å². The molecule has 4 heterocycles. The van der Waals surface area contributed by atoms with Crippen molar-refractivity contribution in [1.82, 2.24) is 19.8 Å². The molecule has 7 heteroatoms. The first-order chi connectivity index (χ1) is 16.2. The van der Waals surface area contributed by atoms with Gasteiger partial charge in [-0.1, -0.05) is 6.07 Å². The number of piperidine rings is 2. The van der Waals surface area contributed by atoms with E-state index in [0.717, 1.165) is 75.1 Å². The minimum atomic E-state index is -0.186. The zero-order valence-corrected chi connectivity index (χ0v) is 19.0. The highest BCUT2D eigenvalue weighted by atomic mass is 19.1. The number of amides is 2. The lowest BCUT2D eigenvalue weighted by molar-refractivity contribution is 0.187. The Hall–Kier alpha value is -2.93. The van der Waals surface area contributed by atoms with Gasteiger partial charge in [0, 0.05) is 49.5 Å². The molecule has 2 amide bonds. The highest BCUT2D eigenvalue weighted by Gasteiger charge is 2.27. The van der Waals surface area contributed by atoms with Crippen LogP contribution in [0, 0.1) is 5.82 Å². The zero-order chi connectivity index (χ0) is 22.6. The van der Waals surface area contributed by atoms with E-state index in [1.807, 2.05) is 40.3 Å². The fraction of sp³-hybridized carbons (Fsp3) is 0.462. The van der Waals surface area contributed by atoms with E-state index in [-0.39, 0.29) is 11.8 Å². The number of hydrogen-bond acceptors (Lipinski definition) is 3. The fourth-order valence-corrected chi connectivity index (χ4v) is 5.24. The molecule has 5 rings (SSSR count). The second-order valence-corrected chi connectivity index (χ2v) is 9.22. The number of nitrogens with zero attached hydrogens (tertiary/aromatic N) is 4. The smallest absolute Gasteiger partial charge is 0.325 e. The average molecular weight is 450 g/mol. The molecule has 0 unspecified atom stereocenters. The van der Waals surface area contributed by atoms with Crippen LogP contribution in [0.15, 0.2) is 48.8 Å². The zero-order valence-electron chi connectivity index (χ0n) is 19.0. The van der Waals surface area contributed by atoms with Gasteiger partial charge in [-0.3, -0.25) is 4.90 Å². The van der Waals surface area contributed by atoms with Crippen molar-refractivity contribution in [2.45, 2.75) is 38.0 Å². The third-order valence-corrected chi connectivity index (χ3v) is 7.13. The molecule has 0 bridgehead atoms. The van der Waals surface area contributed by atoms with Crippen molar-refractivity contribution in [3.05, 3.63) is 60.2 Å². The minimum Gasteiger partial charge on any atom is -0.361 e. The fourth-order valence-electron chi connectivity index (χ4n) is 5.24. The van der Waals surface area contributed by atoms with Crippen LogP contribution in [0.3, 0.4) is 0 Å². The number of halogens is 1. The molecule has 1 aromatic carbocycles. The molecule has 2 aromatic heterocycles. The van der Waals surface area contributed by atoms with Gasteiger partial charge < -0.3 is 14.8 Å². The number of aromatic amines is 1. The normalized spacial score (nSPS) is 18.0. The molecule has 174 valence electrons. The number of carbonyl (C=O) groups excluding carboxylic acids is 1. The molecular formula is C26H32FN5O. The van der Waals surface area contributed by atoms with Crippen LogP contribution in [0.5, 0.6) is 0 Å². The Bertz CT molecular complexity index is 1070. The first-order valence-electron chi connectivity index (χ1n) is 12.2. The van der Waals surface area contributed by atoms with Crippen molar-refractivity contribution < 1.29 is 9.18 Å². The molecule has 0 radical (unpaired) electrons. The van der Waals surface area contributed by atoms with Crippen LogP contribution in [0.25, 0.3) is 10.9 Å². The van der Waals surface area contributed by atoms with Crippen LogP contribution in [0.1, 0.15) is 43.6 Å². The molecule has 0 atom stereocenters. The maximum absolute atomic E-state index is 13.8. The number of likely N-dealkylation sites (tertiary alicyclic amines) is 2. The Morgan fingerprint density at radius 2 is 1.91 bits per heavy atom. The van der Waals surface area contributed by atoms with E-state index in [9.17, 15) is 9.18 Å². The third kappa shape index (κ3) is 4.88. The number of anilines is 1. The second-order valence-electron chi connectivity index (χ2n) is 9.22. The standard InChI is InChI=1S/C26H32FN5O/c27-21-7-8-24-22(18-21)23(19-29-24)20-9-14-30(15-10-20)16-17-32(25-6-2-3-11-28-25)26(33)31-12-4-1-5-13-31/h2-3,6-8,11,18-20,29H,1,4-5,9-10,12-17H2. The van der Waals surface area contributed by atoms with Gasteiger partial charge in [-0.05, 0) is 87.0 Å². The monoisotopic (exact) mass is 449 g/mol. The van der Waals surface area contributed by atoms with Gasteiger partial charge in [-0.2, -0.15) is 0 Å². The molecule has 1 N–H and O–H groups in total. The van der Waals surface area contributed by atoms with Gasteiger partial charge in [0.05, 0.1) is 0 Å². The van der Waals surface area contributed by atoms with Crippen LogP contribution in [-0.4, -0.2) is 65.1 Å². The van der Waals surface area contributed by atoms with Gasteiger partial charge in [-0.25, -0.2) is 14.2 Å². The summed E-state index contributed by atoms with van der Waals surface area (Å²) < 4.78 is 13.8. The Morgan fingerprint density at radius 3 is 2.67 bits per heavy atom. The van der Waals surface area contributed by atoms with Gasteiger partial charge in [0.15, 0.2) is 0 Å². The summed E-state index contributed by atoms with van der Waals surface area (Å²) in [6, 6.07) is 10.8. The maximum atomic E-state index is 13.8. The molecule has 2 fully saturated rings. The molecule has 0 saturated carbocycles. The number of urea groups is 1. The van der Waals surface area contributed by atoms with Crippen LogP contribution in [0.2, 0.25) is 0 Å². The molecule has 2 aliphatic rings. The summed E-state index contributed by atoms with van der Waals surface area (Å²) in [6.45, 7) is 5.07. The summed E-state index contributed by atoms with van der Waals surface area (Å²) in [5.41, 5.74) is 2.22. The molecule has 3 aromatic rings. The van der Waals surface area contributed by atoms with Gasteiger partial charge in [0.1, 0.15) is 11.6 Å². The van der Waals surface area contributed by atoms with Crippen molar-refractivity contribution in [3.8, 4) is 0 Å². The van der Waals surface area contributed by atoms with E-state index in [2.05, 4.69) is 14.9 Å². The lowest BCUT2D eigenvalue weighted by atomic mass is 9.89. The highest BCUT2D eigenvalue weighted by molar-refractivity contribution is 5.91. The van der Waals surface area contributed by atoms with E-state index >= 15 is 0 Å². The largest absolute Gasteiger partial charge is 0.361 e. The number of rotatable bonds is 5. The van der Waals surface area contributed by atoms with E-state index in [1.165, 1.54) is 18.1 Å². The van der Waals surface area contributed by atoms with E-state index in [0.29, 0.717) is 12.5 Å². The van der Waals surface area contributed by atoms with Crippen molar-refractivity contribution in [3.63, 3.8) is 0 Å². The Balaban J connectivity index is 1.21. The van der Waals surface area contributed by atoms with Crippen LogP contribution < -0.4 is 4.90 Å². The summed E-state index contributed by atoms with van der Waals surface area (Å²) in [6.07, 6.45) is 9.22. The number of pyridine rings is 1. The van der Waals surface area contributed by atoms with Gasteiger partial charge in [-0.15, -0.1) is 0 Å². The van der Waals surface area contributed by atoms with Crippen molar-refractivity contribution in [1.29, 1.82) is 0 Å². The van der Waals surface area contributed by atoms with Crippen LogP contribution in [-0.2, 0) is 0 Å². The van der Waals surface area contributed by atoms with Gasteiger partial charge in [0.2, 0.25) is 0 Å². The Morgan fingerprint density at radius 1 is 1.09 bits per heavy atom. The lowest BCUT2D eigenvalue weighted by Crippen LogP contribution is -2.49. The molecular weight excluding hydrogens is 417 g/mol. The summed E-state index contributed by atoms with van der Waals surface area (Å²) in [4.78, 5) is 27.3. The molecule has 2 aliphatic heterocycles. The quantitative estimate of drug-likeness (QED) is 0.597. The minimum absolute atomic E-state index is 0.0732. The van der Waals surface area contributed by atoms with E-state index in [1.54, 1.807) is 12.3 Å². The number of H-pyrrole nitrogens is 1. The maximum Gasteiger partial charge on any atom is 0.325 e. The molecule has 0 spiro atoms. The number of fused-ring (bicyclic) bond motifs is 1.